The molecule has 0 aliphatic heterocycles. The molecule has 0 spiro atoms. The summed E-state index contributed by atoms with van der Waals surface area (Å²) in [6.07, 6.45) is 3.93. The molecular weight excluding hydrogens is 225 g/mol. The molecule has 0 bridgehead atoms. The molecule has 0 radical (unpaired) electrons. The number of rotatable bonds is 2. The van der Waals surface area contributed by atoms with Gasteiger partial charge in [-0.05, 0) is 37.0 Å². The highest BCUT2D eigenvalue weighted by molar-refractivity contribution is 7.53. The Morgan fingerprint density at radius 2 is 1.81 bits per heavy atom. The van der Waals surface area contributed by atoms with E-state index in [2.05, 4.69) is 30.6 Å². The van der Waals surface area contributed by atoms with Crippen molar-refractivity contribution in [3.8, 4) is 0 Å². The van der Waals surface area contributed by atoms with Crippen LogP contribution in [-0.2, 0) is 9.19 Å². The molecule has 16 heavy (non-hydrogen) atoms. The molecule has 0 aromatic rings. The smallest absolute Gasteiger partial charge is 0.312 e. The lowest BCUT2D eigenvalue weighted by Gasteiger charge is -2.34. The Balaban J connectivity index is 2.46. The van der Waals surface area contributed by atoms with E-state index in [1.54, 1.807) is 0 Å². The molecule has 0 unspecified atom stereocenters. The van der Waals surface area contributed by atoms with Crippen molar-refractivity contribution in [2.24, 2.45) is 27.5 Å². The Morgan fingerprint density at radius 1 is 1.31 bits per heavy atom. The van der Waals surface area contributed by atoms with Crippen molar-refractivity contribution in [2.45, 2.75) is 46.5 Å². The lowest BCUT2D eigenvalue weighted by atomic mass is 9.72. The summed E-state index contributed by atoms with van der Waals surface area (Å²) < 4.78 is 15.5. The van der Waals surface area contributed by atoms with E-state index in [1.807, 2.05) is 0 Å². The van der Waals surface area contributed by atoms with Crippen LogP contribution in [0.5, 0.6) is 0 Å². The van der Waals surface area contributed by atoms with Crippen LogP contribution in [0, 0.1) is 11.3 Å². The third kappa shape index (κ3) is 4.64. The quantitative estimate of drug-likeness (QED) is 0.579. The van der Waals surface area contributed by atoms with Crippen LogP contribution in [0.25, 0.3) is 0 Å². The summed E-state index contributed by atoms with van der Waals surface area (Å²) in [4.78, 5) is 0. The highest BCUT2D eigenvalue weighted by atomic mass is 31.2. The average molecular weight is 247 g/mol. The van der Waals surface area contributed by atoms with Gasteiger partial charge in [0, 0.05) is 0 Å². The number of nitrogens with two attached hydrogens (primary N) is 2. The van der Waals surface area contributed by atoms with Gasteiger partial charge in [-0.15, -0.1) is 0 Å². The fourth-order valence-corrected chi connectivity index (χ4v) is 2.27. The van der Waals surface area contributed by atoms with Crippen molar-refractivity contribution in [3.05, 3.63) is 0 Å². The first-order valence-corrected chi connectivity index (χ1v) is 7.36. The van der Waals surface area contributed by atoms with Crippen LogP contribution in [-0.4, -0.2) is 5.71 Å². The summed E-state index contributed by atoms with van der Waals surface area (Å²) in [7, 11) is -3.47. The Kier molecular flexibility index (Phi) is 4.16. The molecule has 4 N–H and O–H groups in total. The molecule has 6 heteroatoms. The van der Waals surface area contributed by atoms with Crippen molar-refractivity contribution in [2.75, 3.05) is 0 Å². The van der Waals surface area contributed by atoms with E-state index in [4.69, 9.17) is 11.0 Å². The topological polar surface area (TPSA) is 90.7 Å². The van der Waals surface area contributed by atoms with Gasteiger partial charge in [0.25, 0.3) is 0 Å². The van der Waals surface area contributed by atoms with Crippen molar-refractivity contribution >= 4 is 13.4 Å². The fourth-order valence-electron chi connectivity index (χ4n) is 2.03. The predicted octanol–water partition coefficient (Wildman–Crippen LogP) is 2.62. The Hall–Kier alpha value is -0.380. The maximum absolute atomic E-state index is 10.9. The molecule has 94 valence electrons. The van der Waals surface area contributed by atoms with Crippen LogP contribution >= 0.6 is 7.67 Å². The number of hydrogen-bond acceptors (Lipinski definition) is 3. The second kappa shape index (κ2) is 4.86. The summed E-state index contributed by atoms with van der Waals surface area (Å²) in [5, 5.41) is 3.77. The van der Waals surface area contributed by atoms with Crippen molar-refractivity contribution in [1.29, 1.82) is 0 Å². The molecule has 0 heterocycles. The van der Waals surface area contributed by atoms with E-state index < -0.39 is 7.67 Å². The van der Waals surface area contributed by atoms with Crippen LogP contribution < -0.4 is 11.0 Å². The van der Waals surface area contributed by atoms with Gasteiger partial charge in [-0.2, -0.15) is 0 Å². The molecule has 0 atom stereocenters. The zero-order valence-corrected chi connectivity index (χ0v) is 11.2. The van der Waals surface area contributed by atoms with Gasteiger partial charge in [0.05, 0.1) is 5.71 Å². The molecule has 1 fully saturated rings. The van der Waals surface area contributed by atoms with Crippen molar-refractivity contribution in [1.82, 2.24) is 0 Å². The van der Waals surface area contributed by atoms with Gasteiger partial charge in [0.2, 0.25) is 0 Å². The van der Waals surface area contributed by atoms with E-state index in [1.165, 1.54) is 0 Å². The molecule has 0 aromatic carbocycles. The number of hydrogen-bond donors (Lipinski definition) is 2. The maximum Gasteiger partial charge on any atom is 0.405 e. The van der Waals surface area contributed by atoms with Gasteiger partial charge in [-0.1, -0.05) is 25.9 Å². The summed E-state index contributed by atoms with van der Waals surface area (Å²) in [6, 6.07) is 0. The molecule has 0 aromatic heterocycles. The number of oxime groups is 1. The molecule has 5 nitrogen and oxygen atoms in total. The Labute approximate surface area is 97.1 Å². The standard InChI is InChI=1S/C10H22N3O2P/c1-10(2,3)8-4-6-9(7-5-8)13-15-16(11,12)14/h8H,4-7H2,1-3H3,(H4,11,12,14). The lowest BCUT2D eigenvalue weighted by Crippen LogP contribution is -2.26. The predicted molar refractivity (Wildman–Crippen MR) is 65.9 cm³/mol. The SMILES string of the molecule is CC(C)(C)C1CCC(=NOP(N)(N)=O)CC1. The number of nitrogens with zero attached hydrogens (tertiary/aromatic N) is 1. The van der Waals surface area contributed by atoms with Gasteiger partial charge in [-0.3, -0.25) is 0 Å². The first-order chi connectivity index (χ1) is 7.18. The maximum atomic E-state index is 10.9. The molecule has 1 saturated carbocycles. The molecule has 1 rings (SSSR count). The molecule has 0 amide bonds. The second-order valence-electron chi connectivity index (χ2n) is 5.52. The Bertz CT molecular complexity index is 307. The van der Waals surface area contributed by atoms with Gasteiger partial charge in [-0.25, -0.2) is 15.6 Å². The highest BCUT2D eigenvalue weighted by Gasteiger charge is 2.28. The van der Waals surface area contributed by atoms with Crippen LogP contribution in [0.3, 0.4) is 0 Å². The molecule has 0 saturated heterocycles. The van der Waals surface area contributed by atoms with Gasteiger partial charge in [0.15, 0.2) is 0 Å². The molecule has 1 aliphatic carbocycles. The monoisotopic (exact) mass is 247 g/mol. The first-order valence-electron chi connectivity index (χ1n) is 5.60. The van der Waals surface area contributed by atoms with Gasteiger partial charge >= 0.3 is 7.67 Å². The summed E-state index contributed by atoms with van der Waals surface area (Å²) >= 11 is 0. The van der Waals surface area contributed by atoms with Crippen LogP contribution in [0.1, 0.15) is 46.5 Å². The average Bonchev–Trinajstić information content (AvgIpc) is 2.13. The zero-order chi connectivity index (χ0) is 12.4. The van der Waals surface area contributed by atoms with E-state index in [0.717, 1.165) is 31.4 Å². The minimum absolute atomic E-state index is 0.337. The summed E-state index contributed by atoms with van der Waals surface area (Å²) in [5.41, 5.74) is 11.4. The zero-order valence-electron chi connectivity index (χ0n) is 10.3. The van der Waals surface area contributed by atoms with E-state index in [0.29, 0.717) is 11.3 Å². The van der Waals surface area contributed by atoms with Crippen LogP contribution in [0.15, 0.2) is 5.16 Å². The lowest BCUT2D eigenvalue weighted by molar-refractivity contribution is 0.206. The first kappa shape index (κ1) is 13.7. The third-order valence-electron chi connectivity index (χ3n) is 3.09. The summed E-state index contributed by atoms with van der Waals surface area (Å²) in [5.74, 6) is 0.703. The van der Waals surface area contributed by atoms with Gasteiger partial charge in [0.1, 0.15) is 0 Å². The van der Waals surface area contributed by atoms with Crippen molar-refractivity contribution in [3.63, 3.8) is 0 Å². The Morgan fingerprint density at radius 3 is 2.19 bits per heavy atom. The van der Waals surface area contributed by atoms with Gasteiger partial charge < -0.3 is 4.62 Å². The van der Waals surface area contributed by atoms with E-state index >= 15 is 0 Å². The molecule has 1 aliphatic rings. The van der Waals surface area contributed by atoms with E-state index in [-0.39, 0.29) is 0 Å². The molecular formula is C10H22N3O2P. The third-order valence-corrected chi connectivity index (χ3v) is 3.42. The van der Waals surface area contributed by atoms with Crippen LogP contribution in [0.4, 0.5) is 0 Å². The fraction of sp³-hybridized carbons (Fsp3) is 0.900. The highest BCUT2D eigenvalue weighted by Crippen LogP contribution is 2.37. The van der Waals surface area contributed by atoms with Crippen molar-refractivity contribution < 1.29 is 9.19 Å². The minimum Gasteiger partial charge on any atom is -0.312 e. The summed E-state index contributed by atoms with van der Waals surface area (Å²) in [6.45, 7) is 6.76. The largest absolute Gasteiger partial charge is 0.405 e. The van der Waals surface area contributed by atoms with Crippen LogP contribution in [0.2, 0.25) is 0 Å². The van der Waals surface area contributed by atoms with E-state index in [9.17, 15) is 4.57 Å². The minimum atomic E-state index is -3.47. The normalized spacial score (nSPS) is 23.1. The second-order valence-corrected chi connectivity index (χ2v) is 6.98.